The maximum atomic E-state index is 2.50. The lowest BCUT2D eigenvalue weighted by Gasteiger charge is -2.05. The Morgan fingerprint density at radius 1 is 0.933 bits per heavy atom. The molecule has 0 heteroatoms. The molecule has 0 aliphatic heterocycles. The zero-order valence-corrected chi connectivity index (χ0v) is 10.3. The molecular formula is C15H26. The summed E-state index contributed by atoms with van der Waals surface area (Å²) in [6.07, 6.45) is 20.7. The van der Waals surface area contributed by atoms with Crippen molar-refractivity contribution in [1.82, 2.24) is 0 Å². The molecule has 0 unspecified atom stereocenters. The van der Waals surface area contributed by atoms with E-state index in [-0.39, 0.29) is 0 Å². The highest BCUT2D eigenvalue weighted by atomic mass is 14.0. The molecular weight excluding hydrogens is 180 g/mol. The second kappa shape index (κ2) is 8.76. The first-order valence-corrected chi connectivity index (χ1v) is 6.76. The van der Waals surface area contributed by atoms with E-state index in [0.717, 1.165) is 0 Å². The van der Waals surface area contributed by atoms with E-state index in [1.165, 1.54) is 64.2 Å². The first-order valence-electron chi connectivity index (χ1n) is 6.76. The summed E-state index contributed by atoms with van der Waals surface area (Å²) >= 11 is 0. The van der Waals surface area contributed by atoms with Crippen LogP contribution in [0.1, 0.15) is 71.1 Å². The quantitative estimate of drug-likeness (QED) is 0.530. The van der Waals surface area contributed by atoms with Gasteiger partial charge >= 0.3 is 0 Å². The zero-order chi connectivity index (χ0) is 10.8. The average Bonchev–Trinajstić information content (AvgIpc) is 2.22. The Bertz CT molecular complexity index is 198. The topological polar surface area (TPSA) is 0 Å². The second-order valence-corrected chi connectivity index (χ2v) is 4.63. The smallest absolute Gasteiger partial charge is 0.0139 e. The van der Waals surface area contributed by atoms with E-state index >= 15 is 0 Å². The molecule has 15 heavy (non-hydrogen) atoms. The van der Waals surface area contributed by atoms with E-state index in [4.69, 9.17) is 0 Å². The van der Waals surface area contributed by atoms with Gasteiger partial charge in [0.15, 0.2) is 0 Å². The lowest BCUT2D eigenvalue weighted by atomic mass is 10.0. The summed E-state index contributed by atoms with van der Waals surface area (Å²) in [7, 11) is 0. The summed E-state index contributed by atoms with van der Waals surface area (Å²) in [5, 5.41) is 0. The number of hydrogen-bond donors (Lipinski definition) is 0. The van der Waals surface area contributed by atoms with Crippen molar-refractivity contribution in [3.8, 4) is 0 Å². The van der Waals surface area contributed by atoms with Crippen LogP contribution >= 0.6 is 0 Å². The van der Waals surface area contributed by atoms with Crippen LogP contribution in [0.2, 0.25) is 0 Å². The van der Waals surface area contributed by atoms with E-state index in [9.17, 15) is 0 Å². The normalized spacial score (nSPS) is 25.8. The molecule has 86 valence electrons. The van der Waals surface area contributed by atoms with Crippen LogP contribution < -0.4 is 0 Å². The second-order valence-electron chi connectivity index (χ2n) is 4.63. The Labute approximate surface area is 95.5 Å². The number of rotatable bonds is 2. The largest absolute Gasteiger partial charge is 0.0882 e. The van der Waals surface area contributed by atoms with Crippen molar-refractivity contribution in [3.05, 3.63) is 23.8 Å². The molecule has 0 aromatic carbocycles. The fourth-order valence-corrected chi connectivity index (χ4v) is 2.20. The molecule has 0 radical (unpaired) electrons. The van der Waals surface area contributed by atoms with Gasteiger partial charge in [0.1, 0.15) is 0 Å². The SMILES string of the molecule is CCC/C1=C\CCCCCCC/C=C/C1. The fraction of sp³-hybridized carbons (Fsp3) is 0.733. The van der Waals surface area contributed by atoms with E-state index in [2.05, 4.69) is 25.2 Å². The monoisotopic (exact) mass is 206 g/mol. The minimum Gasteiger partial charge on any atom is -0.0882 e. The summed E-state index contributed by atoms with van der Waals surface area (Å²) < 4.78 is 0. The van der Waals surface area contributed by atoms with Crippen molar-refractivity contribution < 1.29 is 0 Å². The maximum Gasteiger partial charge on any atom is -0.0139 e. The molecule has 0 saturated heterocycles. The Kier molecular flexibility index (Phi) is 7.33. The maximum absolute atomic E-state index is 2.50. The van der Waals surface area contributed by atoms with Crippen molar-refractivity contribution in [2.45, 2.75) is 71.1 Å². The number of hydrogen-bond acceptors (Lipinski definition) is 0. The fourth-order valence-electron chi connectivity index (χ4n) is 2.20. The molecule has 0 aromatic rings. The minimum absolute atomic E-state index is 1.20. The van der Waals surface area contributed by atoms with Gasteiger partial charge in [0.2, 0.25) is 0 Å². The highest BCUT2D eigenvalue weighted by Gasteiger charge is 1.96. The van der Waals surface area contributed by atoms with Crippen molar-refractivity contribution in [2.24, 2.45) is 0 Å². The first kappa shape index (κ1) is 12.5. The average molecular weight is 206 g/mol. The van der Waals surface area contributed by atoms with Crippen molar-refractivity contribution in [3.63, 3.8) is 0 Å². The van der Waals surface area contributed by atoms with Gasteiger partial charge in [-0.15, -0.1) is 0 Å². The molecule has 0 aromatic heterocycles. The Balaban J connectivity index is 2.40. The molecule has 0 amide bonds. The van der Waals surface area contributed by atoms with Gasteiger partial charge in [0.05, 0.1) is 0 Å². The lowest BCUT2D eigenvalue weighted by Crippen LogP contribution is -1.85. The molecule has 0 heterocycles. The number of allylic oxidation sites excluding steroid dienone is 4. The summed E-state index contributed by atoms with van der Waals surface area (Å²) in [5.74, 6) is 0. The van der Waals surface area contributed by atoms with Gasteiger partial charge in [0.25, 0.3) is 0 Å². The van der Waals surface area contributed by atoms with Crippen LogP contribution in [0.3, 0.4) is 0 Å². The van der Waals surface area contributed by atoms with Gasteiger partial charge in [0, 0.05) is 0 Å². The van der Waals surface area contributed by atoms with Crippen LogP contribution in [0.5, 0.6) is 0 Å². The van der Waals surface area contributed by atoms with Crippen molar-refractivity contribution >= 4 is 0 Å². The highest BCUT2D eigenvalue weighted by molar-refractivity contribution is 5.07. The highest BCUT2D eigenvalue weighted by Crippen LogP contribution is 2.16. The summed E-state index contributed by atoms with van der Waals surface area (Å²) in [4.78, 5) is 0. The van der Waals surface area contributed by atoms with Crippen LogP contribution in [0, 0.1) is 0 Å². The van der Waals surface area contributed by atoms with Crippen LogP contribution in [0.4, 0.5) is 0 Å². The van der Waals surface area contributed by atoms with Crippen molar-refractivity contribution in [2.75, 3.05) is 0 Å². The third kappa shape index (κ3) is 6.54. The summed E-state index contributed by atoms with van der Waals surface area (Å²) in [5.41, 5.74) is 1.66. The summed E-state index contributed by atoms with van der Waals surface area (Å²) in [6, 6.07) is 0. The third-order valence-corrected chi connectivity index (χ3v) is 3.13. The molecule has 0 spiro atoms. The van der Waals surface area contributed by atoms with E-state index in [1.807, 2.05) is 0 Å². The van der Waals surface area contributed by atoms with Gasteiger partial charge in [-0.3, -0.25) is 0 Å². The van der Waals surface area contributed by atoms with Gasteiger partial charge in [-0.2, -0.15) is 0 Å². The molecule has 0 fully saturated rings. The molecule has 0 bridgehead atoms. The van der Waals surface area contributed by atoms with E-state index in [0.29, 0.717) is 0 Å². The van der Waals surface area contributed by atoms with E-state index < -0.39 is 0 Å². The molecule has 1 aliphatic rings. The van der Waals surface area contributed by atoms with Crippen LogP contribution in [-0.4, -0.2) is 0 Å². The third-order valence-electron chi connectivity index (χ3n) is 3.13. The van der Waals surface area contributed by atoms with Gasteiger partial charge in [-0.1, -0.05) is 56.4 Å². The summed E-state index contributed by atoms with van der Waals surface area (Å²) in [6.45, 7) is 2.28. The molecule has 0 atom stereocenters. The molecule has 0 nitrogen and oxygen atoms in total. The van der Waals surface area contributed by atoms with Crippen LogP contribution in [0.15, 0.2) is 23.8 Å². The predicted octanol–water partition coefficient (Wildman–Crippen LogP) is 5.40. The Hall–Kier alpha value is -0.520. The van der Waals surface area contributed by atoms with Gasteiger partial charge in [-0.05, 0) is 38.5 Å². The first-order chi connectivity index (χ1) is 7.43. The zero-order valence-electron chi connectivity index (χ0n) is 10.3. The Morgan fingerprint density at radius 3 is 2.47 bits per heavy atom. The lowest BCUT2D eigenvalue weighted by molar-refractivity contribution is 0.619. The molecule has 0 saturated carbocycles. The van der Waals surface area contributed by atoms with Crippen LogP contribution in [0.25, 0.3) is 0 Å². The molecule has 1 rings (SSSR count). The molecule has 0 N–H and O–H groups in total. The minimum atomic E-state index is 1.20. The molecule has 1 aliphatic carbocycles. The van der Waals surface area contributed by atoms with Gasteiger partial charge < -0.3 is 0 Å². The van der Waals surface area contributed by atoms with Crippen LogP contribution in [-0.2, 0) is 0 Å². The van der Waals surface area contributed by atoms with Gasteiger partial charge in [-0.25, -0.2) is 0 Å². The van der Waals surface area contributed by atoms with Crippen molar-refractivity contribution in [1.29, 1.82) is 0 Å². The van der Waals surface area contributed by atoms with E-state index in [1.54, 1.807) is 5.57 Å². The standard InChI is InChI=1S/C15H26/c1-2-12-15-13-10-8-6-4-3-5-7-9-11-14-15/h8,10,14H,2-7,9,11-13H2,1H3/b10-8+,15-14+. The Morgan fingerprint density at radius 2 is 1.67 bits per heavy atom. The predicted molar refractivity (Wildman–Crippen MR) is 69.1 cm³/mol.